The number of fused-ring (bicyclic) bond motifs is 1. The SMILES string of the molecule is COc1ccc(OC)c(NC(=O)c2ccc3c(=O)n(Cc4ccco4)c(=S)[nH]c3c2)c1. The zero-order valence-corrected chi connectivity index (χ0v) is 17.6. The molecule has 0 unspecified atom stereocenters. The van der Waals surface area contributed by atoms with Gasteiger partial charge in [-0.25, -0.2) is 0 Å². The average molecular weight is 437 g/mol. The highest BCUT2D eigenvalue weighted by Gasteiger charge is 2.14. The van der Waals surface area contributed by atoms with Crippen molar-refractivity contribution in [1.82, 2.24) is 9.55 Å². The maximum Gasteiger partial charge on any atom is 0.262 e. The molecule has 0 saturated heterocycles. The van der Waals surface area contributed by atoms with E-state index in [4.69, 9.17) is 26.1 Å². The van der Waals surface area contributed by atoms with Gasteiger partial charge in [0.15, 0.2) is 4.77 Å². The molecule has 2 heterocycles. The molecule has 0 saturated carbocycles. The minimum Gasteiger partial charge on any atom is -0.497 e. The maximum atomic E-state index is 12.9. The van der Waals surface area contributed by atoms with Crippen LogP contribution in [0.25, 0.3) is 10.9 Å². The van der Waals surface area contributed by atoms with Crippen molar-refractivity contribution in [3.63, 3.8) is 0 Å². The Hall–Kier alpha value is -3.85. The van der Waals surface area contributed by atoms with Crippen LogP contribution >= 0.6 is 12.2 Å². The van der Waals surface area contributed by atoms with E-state index < -0.39 is 0 Å². The second-order valence-electron chi connectivity index (χ2n) is 6.68. The third kappa shape index (κ3) is 4.08. The summed E-state index contributed by atoms with van der Waals surface area (Å²) in [6, 6.07) is 13.4. The number of methoxy groups -OCH3 is 2. The van der Waals surface area contributed by atoms with E-state index in [9.17, 15) is 9.59 Å². The number of furan rings is 1. The zero-order chi connectivity index (χ0) is 22.0. The van der Waals surface area contributed by atoms with Gasteiger partial charge in [-0.1, -0.05) is 0 Å². The molecule has 0 spiro atoms. The van der Waals surface area contributed by atoms with Crippen molar-refractivity contribution < 1.29 is 18.7 Å². The third-order valence-electron chi connectivity index (χ3n) is 4.79. The summed E-state index contributed by atoms with van der Waals surface area (Å²) in [6.07, 6.45) is 1.54. The second-order valence-corrected chi connectivity index (χ2v) is 7.07. The number of nitrogens with one attached hydrogen (secondary N) is 2. The minimum absolute atomic E-state index is 0.217. The standard InChI is InChI=1S/C22H19N3O5S/c1-28-14-6-8-19(29-2)18(11-14)23-20(26)13-5-7-16-17(10-13)24-22(31)25(21(16)27)12-15-4-3-9-30-15/h3-11H,12H2,1-2H3,(H,23,26)(H,24,31). The molecule has 0 aliphatic carbocycles. The van der Waals surface area contributed by atoms with Gasteiger partial charge < -0.3 is 24.2 Å². The highest BCUT2D eigenvalue weighted by Crippen LogP contribution is 2.29. The van der Waals surface area contributed by atoms with Crippen LogP contribution in [0.5, 0.6) is 11.5 Å². The van der Waals surface area contributed by atoms with Gasteiger partial charge in [0.25, 0.3) is 11.5 Å². The van der Waals surface area contributed by atoms with Crippen LogP contribution in [0.3, 0.4) is 0 Å². The molecule has 8 nitrogen and oxygen atoms in total. The Morgan fingerprint density at radius 1 is 1.16 bits per heavy atom. The molecule has 1 amide bonds. The van der Waals surface area contributed by atoms with Gasteiger partial charge in [-0.15, -0.1) is 0 Å². The van der Waals surface area contributed by atoms with Crippen molar-refractivity contribution in [2.75, 3.05) is 19.5 Å². The van der Waals surface area contributed by atoms with Crippen molar-refractivity contribution in [2.24, 2.45) is 0 Å². The first-order chi connectivity index (χ1) is 15.0. The van der Waals surface area contributed by atoms with E-state index in [1.165, 1.54) is 25.0 Å². The lowest BCUT2D eigenvalue weighted by atomic mass is 10.1. The summed E-state index contributed by atoms with van der Waals surface area (Å²) in [5, 5.41) is 3.22. The number of carbonyl (C=O) groups is 1. The molecule has 0 atom stereocenters. The summed E-state index contributed by atoms with van der Waals surface area (Å²) in [5.74, 6) is 1.32. The number of nitrogens with zero attached hydrogens (tertiary/aromatic N) is 1. The zero-order valence-electron chi connectivity index (χ0n) is 16.8. The first kappa shape index (κ1) is 20.4. The number of benzene rings is 2. The van der Waals surface area contributed by atoms with Crippen LogP contribution in [0.1, 0.15) is 16.1 Å². The molecule has 4 rings (SSSR count). The number of rotatable bonds is 6. The molecular formula is C22H19N3O5S. The number of ether oxygens (including phenoxy) is 2. The number of H-pyrrole nitrogens is 1. The summed E-state index contributed by atoms with van der Waals surface area (Å²) in [7, 11) is 3.05. The van der Waals surface area contributed by atoms with Crippen LogP contribution in [0.15, 0.2) is 64.0 Å². The lowest BCUT2D eigenvalue weighted by Crippen LogP contribution is -2.23. The van der Waals surface area contributed by atoms with E-state index in [2.05, 4.69) is 10.3 Å². The Bertz CT molecular complexity index is 1370. The summed E-state index contributed by atoms with van der Waals surface area (Å²) in [4.78, 5) is 28.8. The lowest BCUT2D eigenvalue weighted by Gasteiger charge is -2.12. The van der Waals surface area contributed by atoms with Crippen molar-refractivity contribution >= 4 is 34.7 Å². The van der Waals surface area contributed by atoms with E-state index in [0.29, 0.717) is 39.4 Å². The highest BCUT2D eigenvalue weighted by atomic mass is 32.1. The fraction of sp³-hybridized carbons (Fsp3) is 0.136. The van der Waals surface area contributed by atoms with Crippen molar-refractivity contribution in [2.45, 2.75) is 6.54 Å². The van der Waals surface area contributed by atoms with Crippen molar-refractivity contribution in [3.05, 3.63) is 81.2 Å². The van der Waals surface area contributed by atoms with E-state index in [1.807, 2.05) is 0 Å². The van der Waals surface area contributed by atoms with E-state index >= 15 is 0 Å². The van der Waals surface area contributed by atoms with Crippen LogP contribution in [-0.4, -0.2) is 29.7 Å². The van der Waals surface area contributed by atoms with Crippen LogP contribution < -0.4 is 20.3 Å². The van der Waals surface area contributed by atoms with Crippen LogP contribution in [0.4, 0.5) is 5.69 Å². The van der Waals surface area contributed by atoms with Crippen molar-refractivity contribution in [3.8, 4) is 11.5 Å². The molecule has 0 radical (unpaired) electrons. The van der Waals surface area contributed by atoms with Gasteiger partial charge in [0, 0.05) is 11.6 Å². The Balaban J connectivity index is 1.67. The fourth-order valence-corrected chi connectivity index (χ4v) is 3.46. The quantitative estimate of drug-likeness (QED) is 0.443. The van der Waals surface area contributed by atoms with E-state index in [-0.39, 0.29) is 22.8 Å². The first-order valence-electron chi connectivity index (χ1n) is 9.33. The van der Waals surface area contributed by atoms with Crippen LogP contribution in [0, 0.1) is 4.77 Å². The fourth-order valence-electron chi connectivity index (χ4n) is 3.20. The Morgan fingerprint density at radius 3 is 2.71 bits per heavy atom. The number of carbonyl (C=O) groups excluding carboxylic acids is 1. The molecule has 2 aromatic heterocycles. The van der Waals surface area contributed by atoms with Gasteiger partial charge in [-0.05, 0) is 54.7 Å². The molecule has 2 aromatic carbocycles. The van der Waals surface area contributed by atoms with E-state index in [1.54, 1.807) is 48.5 Å². The molecular weight excluding hydrogens is 418 g/mol. The van der Waals surface area contributed by atoms with Crippen LogP contribution in [0.2, 0.25) is 0 Å². The Morgan fingerprint density at radius 2 is 2.00 bits per heavy atom. The molecule has 31 heavy (non-hydrogen) atoms. The maximum absolute atomic E-state index is 12.9. The third-order valence-corrected chi connectivity index (χ3v) is 5.12. The van der Waals surface area contributed by atoms with Gasteiger partial charge in [-0.2, -0.15) is 0 Å². The molecule has 9 heteroatoms. The number of hydrogen-bond donors (Lipinski definition) is 2. The first-order valence-corrected chi connectivity index (χ1v) is 9.73. The number of anilines is 1. The number of amides is 1. The van der Waals surface area contributed by atoms with Gasteiger partial charge >= 0.3 is 0 Å². The van der Waals surface area contributed by atoms with Gasteiger partial charge in [0.1, 0.15) is 17.3 Å². The Labute approximate surface area is 182 Å². The summed E-state index contributed by atoms with van der Waals surface area (Å²) in [6.45, 7) is 0.217. The molecule has 4 aromatic rings. The summed E-state index contributed by atoms with van der Waals surface area (Å²) in [5.41, 5.74) is 1.02. The highest BCUT2D eigenvalue weighted by molar-refractivity contribution is 7.71. The minimum atomic E-state index is -0.368. The number of aromatic nitrogens is 2. The largest absolute Gasteiger partial charge is 0.497 e. The molecule has 0 aliphatic heterocycles. The average Bonchev–Trinajstić information content (AvgIpc) is 3.29. The topological polar surface area (TPSA) is 98.5 Å². The predicted molar refractivity (Wildman–Crippen MR) is 119 cm³/mol. The van der Waals surface area contributed by atoms with Gasteiger partial charge in [0.05, 0.1) is 43.6 Å². The summed E-state index contributed by atoms with van der Waals surface area (Å²) >= 11 is 5.35. The molecule has 0 aliphatic rings. The van der Waals surface area contributed by atoms with Crippen LogP contribution in [-0.2, 0) is 6.54 Å². The monoisotopic (exact) mass is 437 g/mol. The lowest BCUT2D eigenvalue weighted by molar-refractivity contribution is 0.102. The predicted octanol–water partition coefficient (Wildman–Crippen LogP) is 3.97. The smallest absolute Gasteiger partial charge is 0.262 e. The molecule has 0 fully saturated rings. The molecule has 2 N–H and O–H groups in total. The second kappa shape index (κ2) is 8.49. The molecule has 0 bridgehead atoms. The van der Waals surface area contributed by atoms with Gasteiger partial charge in [0.2, 0.25) is 0 Å². The number of hydrogen-bond acceptors (Lipinski definition) is 6. The van der Waals surface area contributed by atoms with Gasteiger partial charge in [-0.3, -0.25) is 14.2 Å². The normalized spacial score (nSPS) is 10.8. The van der Waals surface area contributed by atoms with E-state index in [0.717, 1.165) is 0 Å². The summed E-state index contributed by atoms with van der Waals surface area (Å²) < 4.78 is 17.5. The van der Waals surface area contributed by atoms with Crippen molar-refractivity contribution in [1.29, 1.82) is 0 Å². The molecule has 158 valence electrons. The Kier molecular flexibility index (Phi) is 5.59. The number of aromatic amines is 1.